The molecule has 0 bridgehead atoms. The Bertz CT molecular complexity index is 630. The fourth-order valence-electron chi connectivity index (χ4n) is 1.72. The first kappa shape index (κ1) is 14.1. The van der Waals surface area contributed by atoms with Crippen LogP contribution in [0.15, 0.2) is 42.5 Å². The lowest BCUT2D eigenvalue weighted by atomic mass is 10.2. The standard InChI is InChI=1S/C14H12ClNO4/c1-19-14-7-6-11(8-12(14)16(17)18)20-13-5-3-2-4-10(13)9-15/h2-8H,9H2,1H3. The van der Waals surface area contributed by atoms with Gasteiger partial charge in [0.15, 0.2) is 5.75 Å². The number of benzene rings is 2. The maximum absolute atomic E-state index is 11.0. The molecular weight excluding hydrogens is 282 g/mol. The van der Waals surface area contributed by atoms with Crippen LogP contribution in [-0.2, 0) is 5.88 Å². The van der Waals surface area contributed by atoms with Crippen molar-refractivity contribution < 1.29 is 14.4 Å². The number of para-hydroxylation sites is 1. The minimum absolute atomic E-state index is 0.145. The molecule has 2 rings (SSSR count). The Kier molecular flexibility index (Phi) is 4.42. The van der Waals surface area contributed by atoms with Crippen molar-refractivity contribution in [1.82, 2.24) is 0 Å². The minimum Gasteiger partial charge on any atom is -0.490 e. The highest BCUT2D eigenvalue weighted by Gasteiger charge is 2.16. The number of methoxy groups -OCH3 is 1. The maximum Gasteiger partial charge on any atom is 0.314 e. The Hall–Kier alpha value is -2.27. The molecule has 0 saturated heterocycles. The van der Waals surface area contributed by atoms with Gasteiger partial charge in [-0.3, -0.25) is 10.1 Å². The molecule has 0 heterocycles. The van der Waals surface area contributed by atoms with Gasteiger partial charge in [-0.25, -0.2) is 0 Å². The lowest BCUT2D eigenvalue weighted by molar-refractivity contribution is -0.385. The molecule has 0 atom stereocenters. The molecule has 0 amide bonds. The smallest absolute Gasteiger partial charge is 0.314 e. The lowest BCUT2D eigenvalue weighted by Crippen LogP contribution is -1.95. The van der Waals surface area contributed by atoms with Crippen LogP contribution in [0, 0.1) is 10.1 Å². The first-order valence-electron chi connectivity index (χ1n) is 5.80. The van der Waals surface area contributed by atoms with Crippen molar-refractivity contribution >= 4 is 17.3 Å². The molecule has 104 valence electrons. The molecular formula is C14H12ClNO4. The Labute approximate surface area is 120 Å². The van der Waals surface area contributed by atoms with Crippen LogP contribution in [0.2, 0.25) is 0 Å². The molecule has 0 N–H and O–H groups in total. The Balaban J connectivity index is 2.34. The molecule has 0 saturated carbocycles. The van der Waals surface area contributed by atoms with Gasteiger partial charge in [0.25, 0.3) is 0 Å². The van der Waals surface area contributed by atoms with Crippen molar-refractivity contribution in [1.29, 1.82) is 0 Å². The third-order valence-corrected chi connectivity index (χ3v) is 2.98. The van der Waals surface area contributed by atoms with Crippen LogP contribution in [0.1, 0.15) is 5.56 Å². The molecule has 0 aliphatic heterocycles. The fourth-order valence-corrected chi connectivity index (χ4v) is 1.94. The predicted molar refractivity (Wildman–Crippen MR) is 75.7 cm³/mol. The zero-order valence-corrected chi connectivity index (χ0v) is 11.5. The molecule has 5 nitrogen and oxygen atoms in total. The molecule has 6 heteroatoms. The number of nitro benzene ring substituents is 1. The van der Waals surface area contributed by atoms with Gasteiger partial charge in [-0.2, -0.15) is 0 Å². The lowest BCUT2D eigenvalue weighted by Gasteiger charge is -2.10. The molecule has 2 aromatic rings. The molecule has 0 fully saturated rings. The van der Waals surface area contributed by atoms with Crippen LogP contribution < -0.4 is 9.47 Å². The van der Waals surface area contributed by atoms with Crippen molar-refractivity contribution in [2.24, 2.45) is 0 Å². The van der Waals surface area contributed by atoms with Gasteiger partial charge < -0.3 is 9.47 Å². The summed E-state index contributed by atoms with van der Waals surface area (Å²) >= 11 is 5.82. The van der Waals surface area contributed by atoms with Crippen molar-refractivity contribution in [3.8, 4) is 17.2 Å². The molecule has 0 radical (unpaired) electrons. The van der Waals surface area contributed by atoms with Crippen LogP contribution in [0.5, 0.6) is 17.2 Å². The Morgan fingerprint density at radius 3 is 2.60 bits per heavy atom. The monoisotopic (exact) mass is 293 g/mol. The van der Waals surface area contributed by atoms with Crippen LogP contribution in [0.4, 0.5) is 5.69 Å². The number of nitrogens with zero attached hydrogens (tertiary/aromatic N) is 1. The molecule has 20 heavy (non-hydrogen) atoms. The average molecular weight is 294 g/mol. The van der Waals surface area contributed by atoms with E-state index >= 15 is 0 Å². The van der Waals surface area contributed by atoms with Crippen LogP contribution in [0.3, 0.4) is 0 Å². The van der Waals surface area contributed by atoms with Crippen molar-refractivity contribution in [3.63, 3.8) is 0 Å². The average Bonchev–Trinajstić information content (AvgIpc) is 2.47. The second-order valence-corrected chi connectivity index (χ2v) is 4.20. The number of hydrogen-bond donors (Lipinski definition) is 0. The largest absolute Gasteiger partial charge is 0.490 e. The van der Waals surface area contributed by atoms with Crippen molar-refractivity contribution in [2.45, 2.75) is 5.88 Å². The van der Waals surface area contributed by atoms with E-state index in [1.54, 1.807) is 12.1 Å². The molecule has 0 spiro atoms. The van der Waals surface area contributed by atoms with Gasteiger partial charge in [0, 0.05) is 5.56 Å². The van der Waals surface area contributed by atoms with Gasteiger partial charge >= 0.3 is 5.69 Å². The van der Waals surface area contributed by atoms with Gasteiger partial charge in [0.1, 0.15) is 11.5 Å². The first-order chi connectivity index (χ1) is 9.65. The van der Waals surface area contributed by atoms with E-state index in [4.69, 9.17) is 21.1 Å². The third-order valence-electron chi connectivity index (χ3n) is 2.69. The van der Waals surface area contributed by atoms with E-state index in [1.807, 2.05) is 18.2 Å². The molecule has 0 unspecified atom stereocenters. The number of alkyl halides is 1. The highest BCUT2D eigenvalue weighted by molar-refractivity contribution is 6.17. The normalized spacial score (nSPS) is 10.1. The van der Waals surface area contributed by atoms with Gasteiger partial charge in [0.05, 0.1) is 24.0 Å². The summed E-state index contributed by atoms with van der Waals surface area (Å²) in [5.74, 6) is 1.42. The van der Waals surface area contributed by atoms with E-state index in [-0.39, 0.29) is 11.4 Å². The topological polar surface area (TPSA) is 61.6 Å². The first-order valence-corrected chi connectivity index (χ1v) is 6.33. The summed E-state index contributed by atoms with van der Waals surface area (Å²) in [6.45, 7) is 0. The number of hydrogen-bond acceptors (Lipinski definition) is 4. The summed E-state index contributed by atoms with van der Waals surface area (Å²) < 4.78 is 10.6. The summed E-state index contributed by atoms with van der Waals surface area (Å²) in [7, 11) is 1.38. The molecule has 0 aliphatic carbocycles. The van der Waals surface area contributed by atoms with Gasteiger partial charge in [0.2, 0.25) is 0 Å². The summed E-state index contributed by atoms with van der Waals surface area (Å²) in [6, 6.07) is 11.7. The van der Waals surface area contributed by atoms with Crippen LogP contribution >= 0.6 is 11.6 Å². The number of ether oxygens (including phenoxy) is 2. The maximum atomic E-state index is 11.0. The summed E-state index contributed by atoms with van der Waals surface area (Å²) in [5.41, 5.74) is 0.668. The van der Waals surface area contributed by atoms with Gasteiger partial charge in [-0.15, -0.1) is 11.6 Å². The second kappa shape index (κ2) is 6.25. The molecule has 0 aromatic heterocycles. The van der Waals surface area contributed by atoms with E-state index in [2.05, 4.69) is 0 Å². The number of halogens is 1. The highest BCUT2D eigenvalue weighted by Crippen LogP contribution is 2.34. The van der Waals surface area contributed by atoms with Gasteiger partial charge in [-0.05, 0) is 18.2 Å². The summed E-state index contributed by atoms with van der Waals surface area (Å²) in [6.07, 6.45) is 0. The molecule has 0 aliphatic rings. The quantitative estimate of drug-likeness (QED) is 0.472. The van der Waals surface area contributed by atoms with E-state index in [0.717, 1.165) is 5.56 Å². The van der Waals surface area contributed by atoms with Crippen molar-refractivity contribution in [2.75, 3.05) is 7.11 Å². The number of nitro groups is 1. The van der Waals surface area contributed by atoms with E-state index in [1.165, 1.54) is 19.2 Å². The predicted octanol–water partition coefficient (Wildman–Crippen LogP) is 4.13. The fraction of sp³-hybridized carbons (Fsp3) is 0.143. The van der Waals surface area contributed by atoms with Crippen molar-refractivity contribution in [3.05, 3.63) is 58.1 Å². The van der Waals surface area contributed by atoms with Crippen LogP contribution in [-0.4, -0.2) is 12.0 Å². The zero-order chi connectivity index (χ0) is 14.5. The Morgan fingerprint density at radius 2 is 1.95 bits per heavy atom. The van der Waals surface area contributed by atoms with E-state index < -0.39 is 4.92 Å². The van der Waals surface area contributed by atoms with E-state index in [0.29, 0.717) is 17.4 Å². The highest BCUT2D eigenvalue weighted by atomic mass is 35.5. The van der Waals surface area contributed by atoms with Gasteiger partial charge in [-0.1, -0.05) is 18.2 Å². The SMILES string of the molecule is COc1ccc(Oc2ccccc2CCl)cc1[N+](=O)[O-]. The van der Waals surface area contributed by atoms with Crippen LogP contribution in [0.25, 0.3) is 0 Å². The Morgan fingerprint density at radius 1 is 1.20 bits per heavy atom. The minimum atomic E-state index is -0.515. The second-order valence-electron chi connectivity index (χ2n) is 3.93. The molecule has 2 aromatic carbocycles. The summed E-state index contributed by atoms with van der Waals surface area (Å²) in [5, 5.41) is 11.0. The summed E-state index contributed by atoms with van der Waals surface area (Å²) in [4.78, 5) is 10.4. The van der Waals surface area contributed by atoms with E-state index in [9.17, 15) is 10.1 Å². The zero-order valence-electron chi connectivity index (χ0n) is 10.7. The number of rotatable bonds is 5. The third kappa shape index (κ3) is 3.00.